The zero-order valence-corrected chi connectivity index (χ0v) is 15.5. The van der Waals surface area contributed by atoms with E-state index in [1.54, 1.807) is 13.2 Å². The fourth-order valence-corrected chi connectivity index (χ4v) is 3.22. The lowest BCUT2D eigenvalue weighted by Crippen LogP contribution is -2.41. The second kappa shape index (κ2) is 9.21. The first-order valence-electron chi connectivity index (χ1n) is 9.23. The number of aryl methyl sites for hydroxylation is 1. The van der Waals surface area contributed by atoms with E-state index < -0.39 is 0 Å². The van der Waals surface area contributed by atoms with Gasteiger partial charge in [0.15, 0.2) is 0 Å². The minimum Gasteiger partial charge on any atom is -0.497 e. The Kier molecular flexibility index (Phi) is 6.46. The summed E-state index contributed by atoms with van der Waals surface area (Å²) in [6.45, 7) is 2.10. The van der Waals surface area contributed by atoms with Crippen LogP contribution in [0.1, 0.15) is 25.0 Å². The minimum atomic E-state index is -0.235. The molecule has 2 aromatic rings. The number of methoxy groups -OCH3 is 1. The molecule has 0 spiro atoms. The number of aromatic amines is 1. The van der Waals surface area contributed by atoms with Crippen molar-refractivity contribution in [2.24, 2.45) is 5.92 Å². The van der Waals surface area contributed by atoms with Gasteiger partial charge in [-0.05, 0) is 43.2 Å². The van der Waals surface area contributed by atoms with Gasteiger partial charge in [-0.2, -0.15) is 5.10 Å². The van der Waals surface area contributed by atoms with Crippen LogP contribution in [0.2, 0.25) is 0 Å². The third-order valence-electron chi connectivity index (χ3n) is 4.75. The average Bonchev–Trinajstić information content (AvgIpc) is 2.72. The summed E-state index contributed by atoms with van der Waals surface area (Å²) in [6.07, 6.45) is 2.96. The Morgan fingerprint density at radius 2 is 2.00 bits per heavy atom. The minimum absolute atomic E-state index is 0.122. The van der Waals surface area contributed by atoms with Crippen LogP contribution in [0.4, 0.5) is 0 Å². The van der Waals surface area contributed by atoms with E-state index >= 15 is 0 Å². The summed E-state index contributed by atoms with van der Waals surface area (Å²) in [5.41, 5.74) is 0.486. The van der Waals surface area contributed by atoms with E-state index in [0.717, 1.165) is 36.6 Å². The van der Waals surface area contributed by atoms with Gasteiger partial charge in [-0.25, -0.2) is 5.10 Å². The maximum absolute atomic E-state index is 12.5. The fourth-order valence-electron chi connectivity index (χ4n) is 3.22. The number of nitrogens with one attached hydrogen (secondary N) is 1. The number of ether oxygens (including phenoxy) is 2. The van der Waals surface area contributed by atoms with Gasteiger partial charge in [0.2, 0.25) is 5.91 Å². The summed E-state index contributed by atoms with van der Waals surface area (Å²) >= 11 is 0. The van der Waals surface area contributed by atoms with Crippen molar-refractivity contribution in [3.63, 3.8) is 0 Å². The number of rotatable bonds is 7. The molecule has 1 atom stereocenters. The second-order valence-electron chi connectivity index (χ2n) is 6.75. The molecule has 1 saturated heterocycles. The van der Waals surface area contributed by atoms with Crippen molar-refractivity contribution < 1.29 is 14.3 Å². The van der Waals surface area contributed by atoms with Crippen LogP contribution in [0.3, 0.4) is 0 Å². The maximum atomic E-state index is 12.5. The van der Waals surface area contributed by atoms with Crippen molar-refractivity contribution in [1.82, 2.24) is 15.1 Å². The van der Waals surface area contributed by atoms with Gasteiger partial charge in [0.05, 0.1) is 19.4 Å². The van der Waals surface area contributed by atoms with Crippen LogP contribution in [0.5, 0.6) is 11.5 Å². The van der Waals surface area contributed by atoms with Crippen LogP contribution in [0.25, 0.3) is 0 Å². The lowest BCUT2D eigenvalue weighted by molar-refractivity contribution is -0.133. The Morgan fingerprint density at radius 1 is 1.22 bits per heavy atom. The Morgan fingerprint density at radius 3 is 2.70 bits per heavy atom. The number of hydrogen-bond donors (Lipinski definition) is 1. The Hall–Kier alpha value is -2.83. The third-order valence-corrected chi connectivity index (χ3v) is 4.75. The van der Waals surface area contributed by atoms with Crippen LogP contribution in [0, 0.1) is 5.92 Å². The first kappa shape index (κ1) is 18.9. The number of aromatic nitrogens is 2. The van der Waals surface area contributed by atoms with Crippen molar-refractivity contribution in [3.05, 3.63) is 52.4 Å². The molecule has 1 aliphatic rings. The first-order chi connectivity index (χ1) is 13.1. The van der Waals surface area contributed by atoms with Gasteiger partial charge in [-0.15, -0.1) is 0 Å². The molecule has 144 valence electrons. The lowest BCUT2D eigenvalue weighted by Gasteiger charge is -2.32. The molecule has 1 aliphatic heterocycles. The van der Waals surface area contributed by atoms with Gasteiger partial charge in [0.1, 0.15) is 11.5 Å². The Bertz CT molecular complexity index is 783. The highest BCUT2D eigenvalue weighted by Crippen LogP contribution is 2.21. The number of likely N-dealkylation sites (tertiary alicyclic amines) is 1. The summed E-state index contributed by atoms with van der Waals surface area (Å²) in [4.78, 5) is 25.4. The van der Waals surface area contributed by atoms with Crippen molar-refractivity contribution in [3.8, 4) is 11.5 Å². The van der Waals surface area contributed by atoms with E-state index in [2.05, 4.69) is 10.2 Å². The number of carbonyl (C=O) groups is 1. The van der Waals surface area contributed by atoms with Crippen LogP contribution >= 0.6 is 0 Å². The molecule has 7 nitrogen and oxygen atoms in total. The Labute approximate surface area is 158 Å². The molecule has 27 heavy (non-hydrogen) atoms. The van der Waals surface area contributed by atoms with Crippen LogP contribution < -0.4 is 15.0 Å². The smallest absolute Gasteiger partial charge is 0.264 e. The number of H-pyrrole nitrogens is 1. The predicted molar refractivity (Wildman–Crippen MR) is 101 cm³/mol. The lowest BCUT2D eigenvalue weighted by atomic mass is 9.98. The number of nitrogens with zero attached hydrogens (tertiary/aromatic N) is 2. The maximum Gasteiger partial charge on any atom is 0.264 e. The topological polar surface area (TPSA) is 84.5 Å². The number of piperidine rings is 1. The van der Waals surface area contributed by atoms with E-state index in [0.29, 0.717) is 31.9 Å². The quantitative estimate of drug-likeness (QED) is 0.805. The number of carbonyl (C=O) groups excluding carboxylic acids is 1. The number of amides is 1. The summed E-state index contributed by atoms with van der Waals surface area (Å²) in [7, 11) is 1.64. The van der Waals surface area contributed by atoms with Crippen LogP contribution in [0.15, 0.2) is 41.2 Å². The van der Waals surface area contributed by atoms with Gasteiger partial charge in [0.25, 0.3) is 5.56 Å². The normalized spacial score (nSPS) is 16.8. The third kappa shape index (κ3) is 5.57. The van der Waals surface area contributed by atoms with Gasteiger partial charge in [-0.1, -0.05) is 0 Å². The summed E-state index contributed by atoms with van der Waals surface area (Å²) in [5.74, 6) is 2.06. The summed E-state index contributed by atoms with van der Waals surface area (Å²) in [5, 5.41) is 6.34. The summed E-state index contributed by atoms with van der Waals surface area (Å²) in [6, 6.07) is 10.6. The molecule has 1 aromatic heterocycles. The second-order valence-corrected chi connectivity index (χ2v) is 6.75. The van der Waals surface area contributed by atoms with E-state index in [9.17, 15) is 9.59 Å². The monoisotopic (exact) mass is 371 g/mol. The highest BCUT2D eigenvalue weighted by molar-refractivity contribution is 5.76. The number of hydrogen-bond acceptors (Lipinski definition) is 5. The van der Waals surface area contributed by atoms with Crippen LogP contribution in [-0.2, 0) is 11.2 Å². The van der Waals surface area contributed by atoms with E-state index in [1.807, 2.05) is 29.2 Å². The van der Waals surface area contributed by atoms with Gasteiger partial charge in [-0.3, -0.25) is 9.59 Å². The predicted octanol–water partition coefficient (Wildman–Crippen LogP) is 2.03. The average molecular weight is 371 g/mol. The molecule has 0 bridgehead atoms. The van der Waals surface area contributed by atoms with Crippen molar-refractivity contribution >= 4 is 5.91 Å². The molecular weight excluding hydrogens is 346 g/mol. The highest BCUT2D eigenvalue weighted by atomic mass is 16.5. The van der Waals surface area contributed by atoms with E-state index in [4.69, 9.17) is 9.47 Å². The van der Waals surface area contributed by atoms with E-state index in [-0.39, 0.29) is 11.5 Å². The van der Waals surface area contributed by atoms with Crippen molar-refractivity contribution in [2.75, 3.05) is 26.8 Å². The van der Waals surface area contributed by atoms with Crippen molar-refractivity contribution in [2.45, 2.75) is 25.7 Å². The van der Waals surface area contributed by atoms with Crippen molar-refractivity contribution in [1.29, 1.82) is 0 Å². The molecular formula is C20H25N3O4. The molecule has 1 fully saturated rings. The fraction of sp³-hybridized carbons (Fsp3) is 0.450. The summed E-state index contributed by atoms with van der Waals surface area (Å²) < 4.78 is 11.0. The standard InChI is InChI=1S/C20H25N3O4/c1-26-17-6-8-18(9-7-17)27-14-15-3-2-12-23(13-15)20(25)11-5-16-4-10-19(24)22-21-16/h4,6-10,15H,2-3,5,11-14H2,1H3,(H,22,24). The zero-order chi connectivity index (χ0) is 19.1. The SMILES string of the molecule is COc1ccc(OCC2CCCN(C(=O)CCc3ccc(=O)[nH]n3)C2)cc1. The molecule has 0 radical (unpaired) electrons. The largest absolute Gasteiger partial charge is 0.497 e. The van der Waals surface area contributed by atoms with Gasteiger partial charge < -0.3 is 14.4 Å². The molecule has 1 aromatic carbocycles. The molecule has 1 amide bonds. The molecule has 1 N–H and O–H groups in total. The van der Waals surface area contributed by atoms with Gasteiger partial charge in [0, 0.05) is 37.9 Å². The first-order valence-corrected chi connectivity index (χ1v) is 9.23. The molecule has 0 saturated carbocycles. The molecule has 0 aliphatic carbocycles. The Balaban J connectivity index is 1.45. The molecule has 7 heteroatoms. The highest BCUT2D eigenvalue weighted by Gasteiger charge is 2.24. The molecule has 3 rings (SSSR count). The molecule has 1 unspecified atom stereocenters. The zero-order valence-electron chi connectivity index (χ0n) is 15.5. The van der Waals surface area contributed by atoms with E-state index in [1.165, 1.54) is 6.07 Å². The number of benzene rings is 1. The molecule has 2 heterocycles. The van der Waals surface area contributed by atoms with Gasteiger partial charge >= 0.3 is 0 Å². The van der Waals surface area contributed by atoms with Crippen LogP contribution in [-0.4, -0.2) is 47.8 Å².